The number of anilines is 1. The molecule has 0 saturated carbocycles. The number of nitrogens with zero attached hydrogens (tertiary/aromatic N) is 1. The quantitative estimate of drug-likeness (QED) is 0.683. The van der Waals surface area contributed by atoms with Gasteiger partial charge in [-0.3, -0.25) is 4.79 Å². The zero-order valence-corrected chi connectivity index (χ0v) is 13.8. The van der Waals surface area contributed by atoms with E-state index in [0.717, 1.165) is 29.8 Å². The van der Waals surface area contributed by atoms with E-state index in [-0.39, 0.29) is 5.91 Å². The number of rotatable bonds is 3. The molecular weight excluding hydrogens is 316 g/mol. The monoisotopic (exact) mass is 336 g/mol. The van der Waals surface area contributed by atoms with E-state index in [1.807, 2.05) is 48.5 Å². The lowest BCUT2D eigenvalue weighted by molar-refractivity contribution is -0.122. The van der Waals surface area contributed by atoms with Crippen LogP contribution in [0.4, 0.5) is 5.69 Å². The summed E-state index contributed by atoms with van der Waals surface area (Å²) in [5, 5.41) is 6.16. The Hall–Kier alpha value is -2.70. The molecule has 4 rings (SSSR count). The maximum Gasteiger partial charge on any atom is 0.244 e. The molecule has 0 spiro atoms. The Balaban J connectivity index is 1.58. The Labute approximate surface area is 145 Å². The Morgan fingerprint density at radius 3 is 2.76 bits per heavy atom. The van der Waals surface area contributed by atoms with Gasteiger partial charge >= 0.3 is 0 Å². The van der Waals surface area contributed by atoms with Gasteiger partial charge in [-0.2, -0.15) is 0 Å². The van der Waals surface area contributed by atoms with Crippen LogP contribution in [-0.4, -0.2) is 29.5 Å². The molecule has 4 N–H and O–H groups in total. The third-order valence-corrected chi connectivity index (χ3v) is 4.61. The summed E-state index contributed by atoms with van der Waals surface area (Å²) in [6, 6.07) is 15.1. The molecule has 0 aliphatic carbocycles. The fraction of sp³-hybridized carbons (Fsp3) is 0.263. The molecule has 25 heavy (non-hydrogen) atoms. The molecule has 1 aliphatic rings. The Morgan fingerprint density at radius 2 is 1.96 bits per heavy atom. The molecule has 128 valence electrons. The van der Waals surface area contributed by atoms with Crippen LogP contribution in [0.5, 0.6) is 0 Å². The number of piperidine rings is 1. The summed E-state index contributed by atoms with van der Waals surface area (Å²) < 4.78 is 5.79. The largest absolute Gasteiger partial charge is 0.436 e. The normalized spacial score (nSPS) is 16.7. The second kappa shape index (κ2) is 6.31. The Bertz CT molecular complexity index is 879. The van der Waals surface area contributed by atoms with E-state index in [9.17, 15) is 4.79 Å². The average molecular weight is 336 g/mol. The molecule has 1 amide bonds. The number of carbonyl (C=O) groups is 1. The van der Waals surface area contributed by atoms with E-state index in [1.165, 1.54) is 0 Å². The first-order valence-electron chi connectivity index (χ1n) is 8.41. The van der Waals surface area contributed by atoms with E-state index in [2.05, 4.69) is 15.6 Å². The number of amides is 1. The van der Waals surface area contributed by atoms with Crippen molar-refractivity contribution in [2.24, 2.45) is 5.73 Å². The van der Waals surface area contributed by atoms with Crippen LogP contribution >= 0.6 is 0 Å². The summed E-state index contributed by atoms with van der Waals surface area (Å²) in [5.74, 6) is 0.380. The van der Waals surface area contributed by atoms with Crippen LogP contribution in [-0.2, 0) is 4.79 Å². The number of nitrogens with two attached hydrogens (primary N) is 1. The summed E-state index contributed by atoms with van der Waals surface area (Å²) in [6.07, 6.45) is 1.26. The number of hydrogen-bond donors (Lipinski definition) is 3. The second-order valence-electron chi connectivity index (χ2n) is 6.43. The number of carbonyl (C=O) groups excluding carboxylic acids is 1. The fourth-order valence-corrected chi connectivity index (χ4v) is 3.08. The van der Waals surface area contributed by atoms with Crippen LogP contribution in [0.15, 0.2) is 52.9 Å². The third kappa shape index (κ3) is 3.14. The van der Waals surface area contributed by atoms with Crippen LogP contribution in [0.3, 0.4) is 0 Å². The van der Waals surface area contributed by atoms with Crippen molar-refractivity contribution in [1.29, 1.82) is 0 Å². The topological polar surface area (TPSA) is 93.2 Å². The predicted molar refractivity (Wildman–Crippen MR) is 97.1 cm³/mol. The molecule has 0 bridgehead atoms. The molecule has 2 heterocycles. The van der Waals surface area contributed by atoms with Gasteiger partial charge in [0.1, 0.15) is 5.52 Å². The second-order valence-corrected chi connectivity index (χ2v) is 6.43. The van der Waals surface area contributed by atoms with Gasteiger partial charge < -0.3 is 20.8 Å². The predicted octanol–water partition coefficient (Wildman–Crippen LogP) is 2.51. The summed E-state index contributed by atoms with van der Waals surface area (Å²) in [6.45, 7) is 1.51. The van der Waals surface area contributed by atoms with Crippen molar-refractivity contribution in [3.63, 3.8) is 0 Å². The Kier molecular flexibility index (Phi) is 3.99. The minimum absolute atomic E-state index is 0.149. The van der Waals surface area contributed by atoms with Gasteiger partial charge in [-0.1, -0.05) is 18.2 Å². The molecule has 2 aromatic carbocycles. The minimum Gasteiger partial charge on any atom is -0.436 e. The molecule has 1 aliphatic heterocycles. The van der Waals surface area contributed by atoms with Gasteiger partial charge in [-0.05, 0) is 56.3 Å². The van der Waals surface area contributed by atoms with Gasteiger partial charge in [-0.15, -0.1) is 0 Å². The molecule has 1 fully saturated rings. The number of oxazole rings is 1. The lowest BCUT2D eigenvalue weighted by Gasteiger charge is -2.32. The number of hydrogen-bond acceptors (Lipinski definition) is 5. The van der Waals surface area contributed by atoms with Gasteiger partial charge in [0.05, 0.1) is 5.54 Å². The lowest BCUT2D eigenvalue weighted by Crippen LogP contribution is -2.56. The standard InChI is InChI=1S/C19H20N4O2/c20-19(8-10-21-11-9-19)18(24)22-14-5-3-4-13(12-14)17-23-15-6-1-2-7-16(15)25-17/h1-7,12,21H,8-11,20H2,(H,22,24). The molecule has 0 atom stereocenters. The zero-order chi connectivity index (χ0) is 17.3. The highest BCUT2D eigenvalue weighted by Crippen LogP contribution is 2.26. The van der Waals surface area contributed by atoms with Crippen molar-refractivity contribution in [1.82, 2.24) is 10.3 Å². The highest BCUT2D eigenvalue weighted by molar-refractivity contribution is 5.98. The van der Waals surface area contributed by atoms with Crippen LogP contribution < -0.4 is 16.4 Å². The summed E-state index contributed by atoms with van der Waals surface area (Å²) in [4.78, 5) is 17.1. The maximum absolute atomic E-state index is 12.6. The van der Waals surface area contributed by atoms with Crippen molar-refractivity contribution < 1.29 is 9.21 Å². The number of para-hydroxylation sites is 2. The van der Waals surface area contributed by atoms with Gasteiger partial charge in [0.15, 0.2) is 5.58 Å². The number of fused-ring (bicyclic) bond motifs is 1. The van der Waals surface area contributed by atoms with Crippen LogP contribution in [0.2, 0.25) is 0 Å². The molecular formula is C19H20N4O2. The summed E-state index contributed by atoms with van der Waals surface area (Å²) in [7, 11) is 0. The van der Waals surface area contributed by atoms with Crippen molar-refractivity contribution in [3.8, 4) is 11.5 Å². The van der Waals surface area contributed by atoms with Crippen molar-refractivity contribution in [2.45, 2.75) is 18.4 Å². The molecule has 3 aromatic rings. The minimum atomic E-state index is -0.821. The van der Waals surface area contributed by atoms with Crippen LogP contribution in [0, 0.1) is 0 Å². The smallest absolute Gasteiger partial charge is 0.244 e. The summed E-state index contributed by atoms with van der Waals surface area (Å²) >= 11 is 0. The molecule has 0 radical (unpaired) electrons. The number of benzene rings is 2. The van der Waals surface area contributed by atoms with Gasteiger partial charge in [-0.25, -0.2) is 4.98 Å². The maximum atomic E-state index is 12.6. The molecule has 6 nitrogen and oxygen atoms in total. The fourth-order valence-electron chi connectivity index (χ4n) is 3.08. The van der Waals surface area contributed by atoms with Crippen molar-refractivity contribution in [3.05, 3.63) is 48.5 Å². The van der Waals surface area contributed by atoms with Gasteiger partial charge in [0.25, 0.3) is 0 Å². The first-order valence-corrected chi connectivity index (χ1v) is 8.41. The van der Waals surface area contributed by atoms with Gasteiger partial charge in [0, 0.05) is 11.3 Å². The average Bonchev–Trinajstić information content (AvgIpc) is 3.07. The van der Waals surface area contributed by atoms with E-state index >= 15 is 0 Å². The van der Waals surface area contributed by atoms with Crippen molar-refractivity contribution in [2.75, 3.05) is 18.4 Å². The van der Waals surface area contributed by atoms with E-state index in [4.69, 9.17) is 10.2 Å². The first kappa shape index (κ1) is 15.8. The summed E-state index contributed by atoms with van der Waals surface area (Å²) in [5.41, 5.74) is 8.49. The molecule has 1 aromatic heterocycles. The Morgan fingerprint density at radius 1 is 1.16 bits per heavy atom. The lowest BCUT2D eigenvalue weighted by atomic mass is 9.88. The molecule has 1 saturated heterocycles. The van der Waals surface area contributed by atoms with Crippen LogP contribution in [0.25, 0.3) is 22.6 Å². The highest BCUT2D eigenvalue weighted by Gasteiger charge is 2.35. The van der Waals surface area contributed by atoms with E-state index in [0.29, 0.717) is 24.4 Å². The number of aromatic nitrogens is 1. The molecule has 6 heteroatoms. The number of nitrogens with one attached hydrogen (secondary N) is 2. The van der Waals surface area contributed by atoms with Crippen molar-refractivity contribution >= 4 is 22.7 Å². The first-order chi connectivity index (χ1) is 12.1. The highest BCUT2D eigenvalue weighted by atomic mass is 16.3. The van der Waals surface area contributed by atoms with E-state index in [1.54, 1.807) is 0 Å². The third-order valence-electron chi connectivity index (χ3n) is 4.61. The zero-order valence-electron chi connectivity index (χ0n) is 13.8. The van der Waals surface area contributed by atoms with Gasteiger partial charge in [0.2, 0.25) is 11.8 Å². The molecule has 0 unspecified atom stereocenters. The van der Waals surface area contributed by atoms with E-state index < -0.39 is 5.54 Å². The SMILES string of the molecule is NC1(C(=O)Nc2cccc(-c3nc4ccccc4o3)c2)CCNCC1. The van der Waals surface area contributed by atoms with Crippen LogP contribution in [0.1, 0.15) is 12.8 Å².